The number of phosphoric acid groups is 2. The molecule has 0 aliphatic carbocycles. The van der Waals surface area contributed by atoms with Gasteiger partial charge >= 0.3 is 21.6 Å². The second-order valence-electron chi connectivity index (χ2n) is 9.00. The number of fused-ring (bicyclic) bond motifs is 1. The number of anilines is 1. The van der Waals surface area contributed by atoms with E-state index in [9.17, 15) is 44.1 Å². The van der Waals surface area contributed by atoms with Crippen LogP contribution in [0.2, 0.25) is 0 Å². The van der Waals surface area contributed by atoms with Gasteiger partial charge in [-0.2, -0.15) is 4.31 Å². The number of hydrogen-bond donors (Lipinski definition) is 7. The zero-order valence-electron chi connectivity index (χ0n) is 21.2. The fraction of sp³-hybridized carbons (Fsp3) is 0.684. The molecule has 8 N–H and O–H groups in total. The predicted octanol–water partition coefficient (Wildman–Crippen LogP) is -1.93. The van der Waals surface area contributed by atoms with E-state index in [1.54, 1.807) is 6.92 Å². The van der Waals surface area contributed by atoms with Gasteiger partial charge < -0.3 is 50.2 Å². The number of carbonyl (C=O) groups is 1. The number of rotatable bonds is 12. The molecular weight excluding hydrogens is 600 g/mol. The molecule has 0 spiro atoms. The Hall–Kier alpha value is -2.16. The third-order valence-corrected chi connectivity index (χ3v) is 8.64. The van der Waals surface area contributed by atoms with Gasteiger partial charge in [-0.3, -0.25) is 18.4 Å². The third-order valence-electron chi connectivity index (χ3n) is 6.04. The van der Waals surface area contributed by atoms with Crippen LogP contribution < -0.4 is 5.73 Å². The van der Waals surface area contributed by atoms with Gasteiger partial charge in [0.2, 0.25) is 0 Å². The van der Waals surface area contributed by atoms with E-state index in [0.29, 0.717) is 6.42 Å². The molecule has 0 saturated carbocycles. The molecule has 4 rings (SSSR count). The zero-order valence-corrected chi connectivity index (χ0v) is 23.0. The summed E-state index contributed by atoms with van der Waals surface area (Å²) in [5.74, 6) is -0.668. The van der Waals surface area contributed by atoms with Crippen LogP contribution in [0.15, 0.2) is 12.7 Å². The standard InChI is InChI=1S/C19H29N5O15P2/c1-2-3-10(25)38-15-13(27)9(37-19(15)29)5-35-41(32,33)39-40(30,31)34-4-8-12(26)14(28)18(36-8)24-7-23-11-16(20)21-6-22-17(11)24/h6-9,12-15,18-19,26-29H,2-5H2,1H3,(H,30,31)(H,32,33)(H2,20,21,22)/t8-,9+,12-,13+,14-,15+,18-,19?/m1/s1. The fourth-order valence-corrected chi connectivity index (χ4v) is 6.15. The lowest BCUT2D eigenvalue weighted by Gasteiger charge is -2.21. The van der Waals surface area contributed by atoms with Crippen molar-refractivity contribution in [3.8, 4) is 0 Å². The molecule has 2 aromatic heterocycles. The highest BCUT2D eigenvalue weighted by molar-refractivity contribution is 7.61. The Morgan fingerprint density at radius 3 is 2.27 bits per heavy atom. The lowest BCUT2D eigenvalue weighted by molar-refractivity contribution is -0.172. The molecular formula is C19H29N5O15P2. The van der Waals surface area contributed by atoms with E-state index in [-0.39, 0.29) is 23.4 Å². The van der Waals surface area contributed by atoms with E-state index in [1.165, 1.54) is 10.9 Å². The monoisotopic (exact) mass is 629 g/mol. The van der Waals surface area contributed by atoms with Crippen molar-refractivity contribution in [3.05, 3.63) is 12.7 Å². The largest absolute Gasteiger partial charge is 0.481 e. The number of nitrogen functional groups attached to an aromatic ring is 1. The van der Waals surface area contributed by atoms with Crippen LogP contribution in [0.25, 0.3) is 11.2 Å². The topological polar surface area (TPSA) is 298 Å². The molecule has 2 aliphatic heterocycles. The van der Waals surface area contributed by atoms with E-state index >= 15 is 0 Å². The van der Waals surface area contributed by atoms with Crippen LogP contribution in [0.5, 0.6) is 0 Å². The number of nitrogens with zero attached hydrogens (tertiary/aromatic N) is 4. The molecule has 4 heterocycles. The van der Waals surface area contributed by atoms with Gasteiger partial charge in [0, 0.05) is 6.42 Å². The number of imidazole rings is 1. The molecule has 230 valence electrons. The first-order valence-electron chi connectivity index (χ1n) is 12.0. The number of hydrogen-bond acceptors (Lipinski definition) is 17. The van der Waals surface area contributed by atoms with Gasteiger partial charge in [0.25, 0.3) is 0 Å². The van der Waals surface area contributed by atoms with E-state index < -0.39 is 84.0 Å². The van der Waals surface area contributed by atoms with E-state index in [1.807, 2.05) is 0 Å². The molecule has 2 aliphatic rings. The van der Waals surface area contributed by atoms with Crippen LogP contribution in [0, 0.1) is 0 Å². The molecule has 10 atom stereocenters. The van der Waals surface area contributed by atoms with E-state index in [2.05, 4.69) is 28.3 Å². The second kappa shape index (κ2) is 12.6. The van der Waals surface area contributed by atoms with Crippen molar-refractivity contribution < 1.29 is 71.7 Å². The average molecular weight is 629 g/mol. The van der Waals surface area contributed by atoms with Crippen LogP contribution in [-0.4, -0.2) is 112 Å². The van der Waals surface area contributed by atoms with Crippen molar-refractivity contribution >= 4 is 38.6 Å². The highest BCUT2D eigenvalue weighted by Crippen LogP contribution is 2.60. The number of esters is 1. The zero-order chi connectivity index (χ0) is 30.1. The molecule has 2 aromatic rings. The molecule has 20 nitrogen and oxygen atoms in total. The first kappa shape index (κ1) is 31.8. The van der Waals surface area contributed by atoms with Crippen LogP contribution in [0.3, 0.4) is 0 Å². The smallest absolute Gasteiger partial charge is 0.454 e. The minimum absolute atomic E-state index is 0.00956. The van der Waals surface area contributed by atoms with Gasteiger partial charge in [-0.25, -0.2) is 24.1 Å². The highest BCUT2D eigenvalue weighted by atomic mass is 31.3. The van der Waals surface area contributed by atoms with Gasteiger partial charge in [0.05, 0.1) is 19.5 Å². The van der Waals surface area contributed by atoms with Crippen molar-refractivity contribution in [1.82, 2.24) is 19.5 Å². The van der Waals surface area contributed by atoms with Gasteiger partial charge in [-0.15, -0.1) is 0 Å². The van der Waals surface area contributed by atoms with Crippen LogP contribution >= 0.6 is 15.6 Å². The van der Waals surface area contributed by atoms with Crippen molar-refractivity contribution in [2.45, 2.75) is 68.9 Å². The molecule has 22 heteroatoms. The first-order valence-corrected chi connectivity index (χ1v) is 15.0. The Morgan fingerprint density at radius 1 is 1.00 bits per heavy atom. The number of aliphatic hydroxyl groups is 4. The molecule has 2 saturated heterocycles. The Kier molecular flexibility index (Phi) is 9.76. The number of phosphoric ester groups is 2. The van der Waals surface area contributed by atoms with Gasteiger partial charge in [0.15, 0.2) is 30.1 Å². The Labute approximate surface area is 230 Å². The number of aromatic nitrogens is 4. The van der Waals surface area contributed by atoms with E-state index in [0.717, 1.165) is 6.33 Å². The molecule has 2 fully saturated rings. The Morgan fingerprint density at radius 2 is 1.63 bits per heavy atom. The molecule has 0 bridgehead atoms. The van der Waals surface area contributed by atoms with Crippen LogP contribution in [0.4, 0.5) is 5.82 Å². The summed E-state index contributed by atoms with van der Waals surface area (Å²) in [4.78, 5) is 43.3. The maximum Gasteiger partial charge on any atom is 0.481 e. The molecule has 41 heavy (non-hydrogen) atoms. The minimum Gasteiger partial charge on any atom is -0.454 e. The Bertz CT molecular complexity index is 1330. The third kappa shape index (κ3) is 7.26. The maximum atomic E-state index is 12.3. The summed E-state index contributed by atoms with van der Waals surface area (Å²) in [6.07, 6.45) is -9.54. The average Bonchev–Trinajstić information content (AvgIpc) is 3.52. The first-order chi connectivity index (χ1) is 19.2. The number of nitrogens with two attached hydrogens (primary N) is 1. The summed E-state index contributed by atoms with van der Waals surface area (Å²) in [6, 6.07) is 0. The van der Waals surface area contributed by atoms with Crippen LogP contribution in [0.1, 0.15) is 26.0 Å². The molecule has 0 radical (unpaired) electrons. The second-order valence-corrected chi connectivity index (χ2v) is 12.0. The predicted molar refractivity (Wildman–Crippen MR) is 130 cm³/mol. The Balaban J connectivity index is 1.30. The van der Waals surface area contributed by atoms with Crippen molar-refractivity contribution in [3.63, 3.8) is 0 Å². The summed E-state index contributed by atoms with van der Waals surface area (Å²) in [7, 11) is -10.7. The molecule has 3 unspecified atom stereocenters. The maximum absolute atomic E-state index is 12.3. The van der Waals surface area contributed by atoms with Crippen LogP contribution in [-0.2, 0) is 41.5 Å². The summed E-state index contributed by atoms with van der Waals surface area (Å²) < 4.78 is 54.7. The molecule has 0 aromatic carbocycles. The summed E-state index contributed by atoms with van der Waals surface area (Å²) in [5.41, 5.74) is 6.10. The quantitative estimate of drug-likeness (QED) is 0.0993. The van der Waals surface area contributed by atoms with Gasteiger partial charge in [-0.1, -0.05) is 6.92 Å². The van der Waals surface area contributed by atoms with E-state index in [4.69, 9.17) is 19.9 Å². The van der Waals surface area contributed by atoms with Crippen molar-refractivity contribution in [1.29, 1.82) is 0 Å². The highest BCUT2D eigenvalue weighted by Gasteiger charge is 2.48. The summed E-state index contributed by atoms with van der Waals surface area (Å²) >= 11 is 0. The minimum atomic E-state index is -5.35. The van der Waals surface area contributed by atoms with Gasteiger partial charge in [-0.05, 0) is 6.42 Å². The SMILES string of the molecule is CCCC(=O)O[C@@H]1C(O)O[C@@H](COP(=O)(O)OP(=O)(O)OC[C@H]2O[C@@H](n3cnc4c(N)ncnc43)[C@H](O)[C@@H]2O)[C@@H]1O. The van der Waals surface area contributed by atoms with Crippen molar-refractivity contribution in [2.24, 2.45) is 0 Å². The normalized spacial score (nSPS) is 33.0. The fourth-order valence-electron chi connectivity index (χ4n) is 4.06. The lowest BCUT2D eigenvalue weighted by Crippen LogP contribution is -2.38. The number of ether oxygens (including phenoxy) is 3. The van der Waals surface area contributed by atoms with Crippen molar-refractivity contribution in [2.75, 3.05) is 18.9 Å². The van der Waals surface area contributed by atoms with Gasteiger partial charge in [0.1, 0.15) is 42.4 Å². The molecule has 0 amide bonds. The summed E-state index contributed by atoms with van der Waals surface area (Å²) in [6.45, 7) is -0.121. The lowest BCUT2D eigenvalue weighted by atomic mass is 10.1. The number of aliphatic hydroxyl groups excluding tert-OH is 4. The number of carbonyl (C=O) groups excluding carboxylic acids is 1. The summed E-state index contributed by atoms with van der Waals surface area (Å²) in [5, 5.41) is 40.9.